The predicted molar refractivity (Wildman–Crippen MR) is 99.3 cm³/mol. The van der Waals surface area contributed by atoms with Crippen molar-refractivity contribution in [2.24, 2.45) is 7.05 Å². The van der Waals surface area contributed by atoms with Gasteiger partial charge in [0.15, 0.2) is 11.5 Å². The monoisotopic (exact) mass is 361 g/mol. The Bertz CT molecular complexity index is 1140. The highest BCUT2D eigenvalue weighted by atomic mass is 16.1. The van der Waals surface area contributed by atoms with E-state index in [4.69, 9.17) is 0 Å². The summed E-state index contributed by atoms with van der Waals surface area (Å²) in [5.41, 5.74) is 4.61. The number of carbonyl (C=O) groups excluding carboxylic acids is 1. The minimum atomic E-state index is -0.0867. The summed E-state index contributed by atoms with van der Waals surface area (Å²) in [4.78, 5) is 12.8. The fourth-order valence-electron chi connectivity index (χ4n) is 3.69. The van der Waals surface area contributed by atoms with E-state index in [2.05, 4.69) is 25.7 Å². The molecule has 1 aliphatic carbocycles. The third-order valence-electron chi connectivity index (χ3n) is 5.19. The summed E-state index contributed by atoms with van der Waals surface area (Å²) in [5, 5.41) is 18.7. The molecule has 8 nitrogen and oxygen atoms in total. The first-order valence-corrected chi connectivity index (χ1v) is 8.97. The van der Waals surface area contributed by atoms with Crippen LogP contribution in [0.1, 0.15) is 28.0 Å². The first kappa shape index (κ1) is 15.8. The summed E-state index contributed by atoms with van der Waals surface area (Å²) in [7, 11) is 1.96. The zero-order chi connectivity index (χ0) is 18.4. The number of aromatic nitrogens is 6. The molecule has 0 spiro atoms. The Kier molecular flexibility index (Phi) is 3.56. The Morgan fingerprint density at radius 1 is 1.30 bits per heavy atom. The van der Waals surface area contributed by atoms with Gasteiger partial charge in [0.2, 0.25) is 0 Å². The van der Waals surface area contributed by atoms with Crippen LogP contribution in [0.15, 0.2) is 42.9 Å². The number of aryl methyl sites for hydroxylation is 2. The number of rotatable bonds is 3. The second kappa shape index (κ2) is 6.08. The lowest BCUT2D eigenvalue weighted by Gasteiger charge is -2.22. The molecule has 1 atom stereocenters. The topological polar surface area (TPSA) is 92.9 Å². The van der Waals surface area contributed by atoms with E-state index in [-0.39, 0.29) is 11.9 Å². The van der Waals surface area contributed by atoms with Crippen molar-refractivity contribution < 1.29 is 4.79 Å². The Hall–Kier alpha value is -3.42. The summed E-state index contributed by atoms with van der Waals surface area (Å²) in [6.45, 7) is 0. The molecule has 1 unspecified atom stereocenters. The number of nitrogens with one attached hydrogen (secondary N) is 2. The number of H-pyrrole nitrogens is 1. The van der Waals surface area contributed by atoms with Crippen LogP contribution in [-0.2, 0) is 19.9 Å². The number of aromatic amines is 1. The standard InChI is InChI=1S/C19H19N7O/c1-25-8-2-3-16(25)18-24-23-17-7-5-13(11-26(17)18)19(27)21-14-6-4-12-10-20-22-15(12)9-14/h2-3,5,7-8,10-11,14H,4,6,9H2,1H3,(H,20,22)(H,21,27). The van der Waals surface area contributed by atoms with Crippen molar-refractivity contribution >= 4 is 11.6 Å². The second-order valence-corrected chi connectivity index (χ2v) is 6.96. The number of hydrogen-bond donors (Lipinski definition) is 2. The molecule has 0 aliphatic heterocycles. The number of nitrogens with zero attached hydrogens (tertiary/aromatic N) is 5. The van der Waals surface area contributed by atoms with Crippen LogP contribution >= 0.6 is 0 Å². The second-order valence-electron chi connectivity index (χ2n) is 6.96. The van der Waals surface area contributed by atoms with E-state index in [0.717, 1.165) is 30.7 Å². The fourth-order valence-corrected chi connectivity index (χ4v) is 3.69. The molecule has 1 amide bonds. The summed E-state index contributed by atoms with van der Waals surface area (Å²) in [5.74, 6) is 0.628. The Morgan fingerprint density at radius 3 is 3.07 bits per heavy atom. The fraction of sp³-hybridized carbons (Fsp3) is 0.263. The first-order chi connectivity index (χ1) is 13.2. The lowest BCUT2D eigenvalue weighted by molar-refractivity contribution is 0.0933. The van der Waals surface area contributed by atoms with Crippen molar-refractivity contribution in [1.29, 1.82) is 0 Å². The van der Waals surface area contributed by atoms with Crippen LogP contribution in [-0.4, -0.2) is 41.3 Å². The number of amides is 1. The van der Waals surface area contributed by atoms with Crippen molar-refractivity contribution in [3.8, 4) is 11.5 Å². The molecule has 5 rings (SSSR count). The van der Waals surface area contributed by atoms with E-state index in [1.165, 1.54) is 5.56 Å². The van der Waals surface area contributed by atoms with Crippen LogP contribution < -0.4 is 5.32 Å². The summed E-state index contributed by atoms with van der Waals surface area (Å²) in [6, 6.07) is 7.66. The molecule has 4 heterocycles. The predicted octanol–water partition coefficient (Wildman–Crippen LogP) is 1.75. The van der Waals surface area contributed by atoms with Crippen LogP contribution in [0.5, 0.6) is 0 Å². The number of carbonyl (C=O) groups is 1. The van der Waals surface area contributed by atoms with Gasteiger partial charge in [0.1, 0.15) is 0 Å². The van der Waals surface area contributed by atoms with Crippen LogP contribution in [0.4, 0.5) is 0 Å². The van der Waals surface area contributed by atoms with Gasteiger partial charge < -0.3 is 9.88 Å². The summed E-state index contributed by atoms with van der Waals surface area (Å²) < 4.78 is 3.84. The molecule has 0 radical (unpaired) electrons. The quantitative estimate of drug-likeness (QED) is 0.581. The van der Waals surface area contributed by atoms with Crippen molar-refractivity contribution in [3.63, 3.8) is 0 Å². The average molecular weight is 361 g/mol. The number of pyridine rings is 1. The zero-order valence-electron chi connectivity index (χ0n) is 14.9. The highest BCUT2D eigenvalue weighted by Gasteiger charge is 2.22. The largest absolute Gasteiger partial charge is 0.349 e. The summed E-state index contributed by atoms with van der Waals surface area (Å²) in [6.07, 6.45) is 8.26. The third kappa shape index (κ3) is 2.69. The molecular formula is C19H19N7O. The molecule has 0 bridgehead atoms. The van der Waals surface area contributed by atoms with E-state index in [1.807, 2.05) is 46.6 Å². The average Bonchev–Trinajstić information content (AvgIpc) is 3.39. The molecule has 0 aromatic carbocycles. The minimum Gasteiger partial charge on any atom is -0.349 e. The van der Waals surface area contributed by atoms with Gasteiger partial charge in [0, 0.05) is 37.6 Å². The molecule has 0 saturated heterocycles. The van der Waals surface area contributed by atoms with Gasteiger partial charge in [-0.05, 0) is 42.7 Å². The van der Waals surface area contributed by atoms with Gasteiger partial charge in [-0.1, -0.05) is 0 Å². The lowest BCUT2D eigenvalue weighted by Crippen LogP contribution is -2.38. The van der Waals surface area contributed by atoms with Gasteiger partial charge in [-0.25, -0.2) is 0 Å². The number of fused-ring (bicyclic) bond motifs is 2. The van der Waals surface area contributed by atoms with Gasteiger partial charge >= 0.3 is 0 Å². The molecule has 4 aromatic rings. The Labute approximate surface area is 155 Å². The van der Waals surface area contributed by atoms with Gasteiger partial charge in [0.05, 0.1) is 17.5 Å². The maximum atomic E-state index is 12.8. The molecule has 0 fully saturated rings. The van der Waals surface area contributed by atoms with E-state index >= 15 is 0 Å². The maximum Gasteiger partial charge on any atom is 0.253 e. The van der Waals surface area contributed by atoms with E-state index < -0.39 is 0 Å². The molecule has 27 heavy (non-hydrogen) atoms. The van der Waals surface area contributed by atoms with E-state index in [9.17, 15) is 4.79 Å². The molecule has 4 aromatic heterocycles. The normalized spacial score (nSPS) is 16.4. The van der Waals surface area contributed by atoms with Crippen molar-refractivity contribution in [3.05, 3.63) is 59.7 Å². The van der Waals surface area contributed by atoms with Crippen molar-refractivity contribution in [1.82, 2.24) is 34.7 Å². The van der Waals surface area contributed by atoms with Crippen molar-refractivity contribution in [2.45, 2.75) is 25.3 Å². The molecule has 0 saturated carbocycles. The minimum absolute atomic E-state index is 0.0867. The van der Waals surface area contributed by atoms with Crippen LogP contribution in [0.25, 0.3) is 17.2 Å². The smallest absolute Gasteiger partial charge is 0.253 e. The van der Waals surface area contributed by atoms with Crippen molar-refractivity contribution in [2.75, 3.05) is 0 Å². The van der Waals surface area contributed by atoms with Gasteiger partial charge in [0.25, 0.3) is 5.91 Å². The summed E-state index contributed by atoms with van der Waals surface area (Å²) >= 11 is 0. The molecule has 136 valence electrons. The van der Waals surface area contributed by atoms with Crippen LogP contribution in [0.2, 0.25) is 0 Å². The zero-order valence-corrected chi connectivity index (χ0v) is 14.9. The highest BCUT2D eigenvalue weighted by molar-refractivity contribution is 5.94. The van der Waals surface area contributed by atoms with Gasteiger partial charge in [-0.2, -0.15) is 5.10 Å². The molecule has 1 aliphatic rings. The maximum absolute atomic E-state index is 12.8. The number of hydrogen-bond acceptors (Lipinski definition) is 4. The lowest BCUT2D eigenvalue weighted by atomic mass is 9.93. The van der Waals surface area contributed by atoms with E-state index in [0.29, 0.717) is 17.0 Å². The Morgan fingerprint density at radius 2 is 2.22 bits per heavy atom. The Balaban J connectivity index is 1.42. The van der Waals surface area contributed by atoms with Crippen LogP contribution in [0, 0.1) is 0 Å². The first-order valence-electron chi connectivity index (χ1n) is 8.97. The van der Waals surface area contributed by atoms with Gasteiger partial charge in [-0.3, -0.25) is 14.3 Å². The van der Waals surface area contributed by atoms with E-state index in [1.54, 1.807) is 12.3 Å². The highest BCUT2D eigenvalue weighted by Crippen LogP contribution is 2.21. The third-order valence-corrected chi connectivity index (χ3v) is 5.19. The SMILES string of the molecule is Cn1cccc1-c1nnc2ccc(C(=O)NC3CCc4cn[nH]c4C3)cn12. The molecule has 2 N–H and O–H groups in total. The van der Waals surface area contributed by atoms with Gasteiger partial charge in [-0.15, -0.1) is 10.2 Å². The molecule has 8 heteroatoms. The molecular weight excluding hydrogens is 342 g/mol. The van der Waals surface area contributed by atoms with Crippen LogP contribution in [0.3, 0.4) is 0 Å².